The molecule has 26 heavy (non-hydrogen) atoms. The predicted molar refractivity (Wildman–Crippen MR) is 101 cm³/mol. The Hall–Kier alpha value is -2.24. The summed E-state index contributed by atoms with van der Waals surface area (Å²) in [6.07, 6.45) is 1.08. The summed E-state index contributed by atoms with van der Waals surface area (Å²) < 4.78 is 16.0. The third-order valence-electron chi connectivity index (χ3n) is 4.03. The van der Waals surface area contributed by atoms with E-state index in [4.69, 9.17) is 14.2 Å². The average molecular weight is 365 g/mol. The normalized spacial score (nSPS) is 11.6. The molecule has 0 heterocycles. The van der Waals surface area contributed by atoms with Crippen molar-refractivity contribution in [3.63, 3.8) is 0 Å². The van der Waals surface area contributed by atoms with E-state index in [1.54, 1.807) is 11.8 Å². The summed E-state index contributed by atoms with van der Waals surface area (Å²) in [6.45, 7) is 9.47. The van der Waals surface area contributed by atoms with Crippen molar-refractivity contribution in [2.24, 2.45) is 5.92 Å². The van der Waals surface area contributed by atoms with Crippen LogP contribution in [0.3, 0.4) is 0 Å². The van der Waals surface area contributed by atoms with E-state index in [1.165, 1.54) is 7.11 Å². The molecule has 0 aliphatic carbocycles. The summed E-state index contributed by atoms with van der Waals surface area (Å²) in [7, 11) is 1.36. The van der Waals surface area contributed by atoms with Gasteiger partial charge in [0.2, 0.25) is 5.91 Å². The molecule has 0 saturated heterocycles. The van der Waals surface area contributed by atoms with Gasteiger partial charge in [0.05, 0.1) is 26.2 Å². The van der Waals surface area contributed by atoms with E-state index in [0.717, 1.165) is 11.3 Å². The number of carbonyl (C=O) groups is 2. The largest absolute Gasteiger partial charge is 0.490 e. The third-order valence-corrected chi connectivity index (χ3v) is 4.03. The van der Waals surface area contributed by atoms with Gasteiger partial charge >= 0.3 is 5.97 Å². The number of nitrogens with zero attached hydrogens (tertiary/aromatic N) is 1. The molecular formula is C20H31NO5. The zero-order valence-electron chi connectivity index (χ0n) is 16.5. The lowest BCUT2D eigenvalue weighted by atomic mass is 10.1. The second-order valence-corrected chi connectivity index (χ2v) is 6.01. The van der Waals surface area contributed by atoms with Gasteiger partial charge in [0.25, 0.3) is 0 Å². The molecule has 1 rings (SSSR count). The molecule has 0 aromatic heterocycles. The van der Waals surface area contributed by atoms with Crippen LogP contribution in [0, 0.1) is 5.92 Å². The van der Waals surface area contributed by atoms with Crippen molar-refractivity contribution in [1.82, 2.24) is 4.90 Å². The highest BCUT2D eigenvalue weighted by Crippen LogP contribution is 2.28. The van der Waals surface area contributed by atoms with Crippen LogP contribution in [0.5, 0.6) is 11.5 Å². The van der Waals surface area contributed by atoms with E-state index in [-0.39, 0.29) is 17.8 Å². The van der Waals surface area contributed by atoms with Crippen molar-refractivity contribution >= 4 is 11.9 Å². The maximum Gasteiger partial charge on any atom is 0.310 e. The van der Waals surface area contributed by atoms with Gasteiger partial charge in [0, 0.05) is 19.5 Å². The standard InChI is InChI=1S/C20H31NO5/c1-6-19(22)21(14-15(4)20(23)24-5)12-11-16-9-10-17(25-7-2)18(13-16)26-8-3/h9-10,13,15H,6-8,11-12,14H2,1-5H3. The lowest BCUT2D eigenvalue weighted by Crippen LogP contribution is -2.38. The zero-order chi connectivity index (χ0) is 19.5. The topological polar surface area (TPSA) is 65.1 Å². The number of hydrogen-bond donors (Lipinski definition) is 0. The van der Waals surface area contributed by atoms with Crippen LogP contribution in [0.2, 0.25) is 0 Å². The van der Waals surface area contributed by atoms with Crippen molar-refractivity contribution in [2.45, 2.75) is 40.5 Å². The van der Waals surface area contributed by atoms with Gasteiger partial charge in [-0.25, -0.2) is 0 Å². The number of amides is 1. The van der Waals surface area contributed by atoms with E-state index >= 15 is 0 Å². The second kappa shape index (κ2) is 11.4. The fraction of sp³-hybridized carbons (Fsp3) is 0.600. The molecule has 1 aromatic carbocycles. The van der Waals surface area contributed by atoms with Crippen LogP contribution >= 0.6 is 0 Å². The molecule has 1 unspecified atom stereocenters. The first-order valence-corrected chi connectivity index (χ1v) is 9.20. The number of hydrogen-bond acceptors (Lipinski definition) is 5. The number of rotatable bonds is 11. The predicted octanol–water partition coefficient (Wildman–Crippen LogP) is 3.07. The minimum absolute atomic E-state index is 0.0247. The summed E-state index contributed by atoms with van der Waals surface area (Å²) in [5.41, 5.74) is 1.05. The monoisotopic (exact) mass is 365 g/mol. The Bertz CT molecular complexity index is 588. The SMILES string of the molecule is CCOc1ccc(CCN(CC(C)C(=O)OC)C(=O)CC)cc1OCC. The number of benzene rings is 1. The molecule has 0 aliphatic heterocycles. The molecule has 0 N–H and O–H groups in total. The van der Waals surface area contributed by atoms with Gasteiger partial charge in [-0.15, -0.1) is 0 Å². The number of ether oxygens (including phenoxy) is 3. The number of methoxy groups -OCH3 is 1. The van der Waals surface area contributed by atoms with Crippen LogP contribution in [0.4, 0.5) is 0 Å². The van der Waals surface area contributed by atoms with Crippen LogP contribution in [0.25, 0.3) is 0 Å². The summed E-state index contributed by atoms with van der Waals surface area (Å²) in [6, 6.07) is 5.82. The highest BCUT2D eigenvalue weighted by atomic mass is 16.5. The van der Waals surface area contributed by atoms with Gasteiger partial charge in [-0.2, -0.15) is 0 Å². The van der Waals surface area contributed by atoms with Gasteiger partial charge in [-0.1, -0.05) is 19.9 Å². The maximum absolute atomic E-state index is 12.2. The molecule has 0 saturated carbocycles. The Morgan fingerprint density at radius 2 is 1.73 bits per heavy atom. The molecule has 6 heteroatoms. The number of carbonyl (C=O) groups excluding carboxylic acids is 2. The van der Waals surface area contributed by atoms with E-state index in [0.29, 0.717) is 44.9 Å². The second-order valence-electron chi connectivity index (χ2n) is 6.01. The Kier molecular flexibility index (Phi) is 9.55. The third kappa shape index (κ3) is 6.58. The van der Waals surface area contributed by atoms with Gasteiger partial charge < -0.3 is 19.1 Å². The van der Waals surface area contributed by atoms with Crippen molar-refractivity contribution in [2.75, 3.05) is 33.4 Å². The highest BCUT2D eigenvalue weighted by molar-refractivity contribution is 5.77. The molecule has 0 spiro atoms. The van der Waals surface area contributed by atoms with E-state index in [1.807, 2.05) is 39.0 Å². The molecule has 0 bridgehead atoms. The van der Waals surface area contributed by atoms with Crippen molar-refractivity contribution in [3.8, 4) is 11.5 Å². The van der Waals surface area contributed by atoms with Gasteiger partial charge in [-0.05, 0) is 38.0 Å². The summed E-state index contributed by atoms with van der Waals surface area (Å²) in [4.78, 5) is 25.6. The maximum atomic E-state index is 12.2. The first kappa shape index (κ1) is 21.8. The Morgan fingerprint density at radius 3 is 2.31 bits per heavy atom. The summed E-state index contributed by atoms with van der Waals surface area (Å²) in [5.74, 6) is 0.798. The Morgan fingerprint density at radius 1 is 1.08 bits per heavy atom. The summed E-state index contributed by atoms with van der Waals surface area (Å²) >= 11 is 0. The van der Waals surface area contributed by atoms with Gasteiger partial charge in [-0.3, -0.25) is 9.59 Å². The Labute approximate surface area is 156 Å². The lowest BCUT2D eigenvalue weighted by molar-refractivity contribution is -0.146. The van der Waals surface area contributed by atoms with Crippen LogP contribution in [0.1, 0.15) is 39.7 Å². The smallest absolute Gasteiger partial charge is 0.310 e. The quantitative estimate of drug-likeness (QED) is 0.564. The molecule has 1 atom stereocenters. The van der Waals surface area contributed by atoms with E-state index in [9.17, 15) is 9.59 Å². The fourth-order valence-corrected chi connectivity index (χ4v) is 2.66. The first-order chi connectivity index (χ1) is 12.5. The average Bonchev–Trinajstić information content (AvgIpc) is 2.65. The van der Waals surface area contributed by atoms with Crippen molar-refractivity contribution in [1.29, 1.82) is 0 Å². The molecule has 1 amide bonds. The van der Waals surface area contributed by atoms with Gasteiger partial charge in [0.15, 0.2) is 11.5 Å². The molecule has 0 radical (unpaired) electrons. The minimum atomic E-state index is -0.352. The Balaban J connectivity index is 2.82. The lowest BCUT2D eigenvalue weighted by Gasteiger charge is -2.25. The van der Waals surface area contributed by atoms with Crippen LogP contribution in [-0.4, -0.2) is 50.2 Å². The van der Waals surface area contributed by atoms with Crippen molar-refractivity contribution in [3.05, 3.63) is 23.8 Å². The first-order valence-electron chi connectivity index (χ1n) is 9.20. The summed E-state index contributed by atoms with van der Waals surface area (Å²) in [5, 5.41) is 0. The molecule has 6 nitrogen and oxygen atoms in total. The van der Waals surface area contributed by atoms with Crippen LogP contribution in [0.15, 0.2) is 18.2 Å². The van der Waals surface area contributed by atoms with Crippen LogP contribution in [-0.2, 0) is 20.7 Å². The van der Waals surface area contributed by atoms with Gasteiger partial charge in [0.1, 0.15) is 0 Å². The van der Waals surface area contributed by atoms with Crippen LogP contribution < -0.4 is 9.47 Å². The highest BCUT2D eigenvalue weighted by Gasteiger charge is 2.20. The van der Waals surface area contributed by atoms with E-state index < -0.39 is 0 Å². The molecule has 0 aliphatic rings. The van der Waals surface area contributed by atoms with Crippen molar-refractivity contribution < 1.29 is 23.8 Å². The molecule has 146 valence electrons. The van der Waals surface area contributed by atoms with E-state index in [2.05, 4.69) is 0 Å². The minimum Gasteiger partial charge on any atom is -0.490 e. The fourth-order valence-electron chi connectivity index (χ4n) is 2.66. The molecule has 0 fully saturated rings. The molecule has 1 aromatic rings. The zero-order valence-corrected chi connectivity index (χ0v) is 16.5. The number of esters is 1. The molecular weight excluding hydrogens is 334 g/mol.